The standard InChI is InChI=1S/C23H25N3O3S2/c1-4-26(13-22(27)25-17-8-7-9-19(12-17)29-3)23(28)20-10-5-6-11-21(20)31-15-18-14-30-16(2)24-18/h5-12,14H,4,13,15H2,1-3H3,(H,25,27). The summed E-state index contributed by atoms with van der Waals surface area (Å²) in [5.41, 5.74) is 2.22. The fourth-order valence-electron chi connectivity index (χ4n) is 2.97. The second-order valence-corrected chi connectivity index (χ2v) is 8.82. The molecule has 8 heteroatoms. The minimum Gasteiger partial charge on any atom is -0.497 e. The van der Waals surface area contributed by atoms with Gasteiger partial charge in [0.25, 0.3) is 5.91 Å². The predicted molar refractivity (Wildman–Crippen MR) is 126 cm³/mol. The third kappa shape index (κ3) is 6.32. The van der Waals surface area contributed by atoms with Crippen LogP contribution in [-0.4, -0.2) is 41.9 Å². The first-order chi connectivity index (χ1) is 15.0. The minimum atomic E-state index is -0.258. The number of carbonyl (C=O) groups is 2. The maximum Gasteiger partial charge on any atom is 0.255 e. The fourth-order valence-corrected chi connectivity index (χ4v) is 4.62. The monoisotopic (exact) mass is 455 g/mol. The van der Waals surface area contributed by atoms with Crippen molar-refractivity contribution >= 4 is 40.6 Å². The van der Waals surface area contributed by atoms with Crippen LogP contribution in [0.25, 0.3) is 0 Å². The molecule has 1 heterocycles. The molecule has 0 bridgehead atoms. The van der Waals surface area contributed by atoms with E-state index < -0.39 is 0 Å². The molecular formula is C23H25N3O3S2. The van der Waals surface area contributed by atoms with Crippen molar-refractivity contribution in [1.29, 1.82) is 0 Å². The van der Waals surface area contributed by atoms with Gasteiger partial charge >= 0.3 is 0 Å². The number of thioether (sulfide) groups is 1. The molecule has 1 N–H and O–H groups in total. The summed E-state index contributed by atoms with van der Waals surface area (Å²) in [5.74, 6) is 0.923. The molecule has 6 nitrogen and oxygen atoms in total. The van der Waals surface area contributed by atoms with Crippen molar-refractivity contribution in [2.75, 3.05) is 25.5 Å². The van der Waals surface area contributed by atoms with E-state index in [9.17, 15) is 9.59 Å². The Labute approximate surface area is 190 Å². The van der Waals surface area contributed by atoms with E-state index in [2.05, 4.69) is 10.3 Å². The minimum absolute atomic E-state index is 0.0309. The Bertz CT molecular complexity index is 1050. The van der Waals surface area contributed by atoms with Crippen molar-refractivity contribution in [2.45, 2.75) is 24.5 Å². The Hall–Kier alpha value is -2.84. The zero-order valence-corrected chi connectivity index (χ0v) is 19.4. The van der Waals surface area contributed by atoms with Crippen LogP contribution in [0.4, 0.5) is 5.69 Å². The largest absolute Gasteiger partial charge is 0.497 e. The van der Waals surface area contributed by atoms with Crippen LogP contribution < -0.4 is 10.1 Å². The van der Waals surface area contributed by atoms with Crippen LogP contribution >= 0.6 is 23.1 Å². The molecule has 162 valence electrons. The molecule has 0 aliphatic heterocycles. The second kappa shape index (κ2) is 11.0. The van der Waals surface area contributed by atoms with Gasteiger partial charge in [-0.05, 0) is 38.1 Å². The Morgan fingerprint density at radius 2 is 2.00 bits per heavy atom. The van der Waals surface area contributed by atoms with Gasteiger partial charge in [0.1, 0.15) is 12.3 Å². The van der Waals surface area contributed by atoms with E-state index in [1.807, 2.05) is 37.4 Å². The van der Waals surface area contributed by atoms with Crippen LogP contribution in [0.1, 0.15) is 28.0 Å². The van der Waals surface area contributed by atoms with E-state index in [4.69, 9.17) is 4.74 Å². The maximum absolute atomic E-state index is 13.2. The second-order valence-electron chi connectivity index (χ2n) is 6.74. The average molecular weight is 456 g/mol. The highest BCUT2D eigenvalue weighted by Gasteiger charge is 2.20. The van der Waals surface area contributed by atoms with Gasteiger partial charge in [0, 0.05) is 34.3 Å². The van der Waals surface area contributed by atoms with Gasteiger partial charge in [0.05, 0.1) is 23.4 Å². The number of nitrogens with zero attached hydrogens (tertiary/aromatic N) is 2. The molecule has 2 amide bonds. The zero-order valence-electron chi connectivity index (χ0n) is 17.8. The number of ether oxygens (including phenoxy) is 1. The van der Waals surface area contributed by atoms with Crippen LogP contribution in [0.5, 0.6) is 5.75 Å². The number of nitrogens with one attached hydrogen (secondary N) is 1. The molecule has 3 aromatic rings. The lowest BCUT2D eigenvalue weighted by molar-refractivity contribution is -0.116. The first-order valence-corrected chi connectivity index (χ1v) is 11.7. The van der Waals surface area contributed by atoms with Gasteiger partial charge in [0.2, 0.25) is 5.91 Å². The van der Waals surface area contributed by atoms with Crippen LogP contribution in [0.3, 0.4) is 0 Å². The molecule has 0 spiro atoms. The van der Waals surface area contributed by atoms with Gasteiger partial charge in [-0.3, -0.25) is 9.59 Å². The lowest BCUT2D eigenvalue weighted by atomic mass is 10.2. The van der Waals surface area contributed by atoms with E-state index in [1.165, 1.54) is 0 Å². The Balaban J connectivity index is 1.67. The lowest BCUT2D eigenvalue weighted by Crippen LogP contribution is -2.38. The number of aromatic nitrogens is 1. The number of methoxy groups -OCH3 is 1. The Morgan fingerprint density at radius 3 is 2.71 bits per heavy atom. The summed E-state index contributed by atoms with van der Waals surface area (Å²) in [6, 6.07) is 14.6. The lowest BCUT2D eigenvalue weighted by Gasteiger charge is -2.21. The number of carbonyl (C=O) groups excluding carboxylic acids is 2. The summed E-state index contributed by atoms with van der Waals surface area (Å²) in [7, 11) is 1.57. The molecule has 3 rings (SSSR count). The number of benzene rings is 2. The van der Waals surface area contributed by atoms with Gasteiger partial charge in [-0.15, -0.1) is 23.1 Å². The molecule has 0 aliphatic carbocycles. The number of rotatable bonds is 9. The molecule has 0 atom stereocenters. The van der Waals surface area contributed by atoms with Gasteiger partial charge in [-0.25, -0.2) is 4.98 Å². The van der Waals surface area contributed by atoms with Crippen LogP contribution in [0, 0.1) is 6.92 Å². The number of amides is 2. The average Bonchev–Trinajstić information content (AvgIpc) is 3.21. The van der Waals surface area contributed by atoms with Gasteiger partial charge in [-0.1, -0.05) is 18.2 Å². The topological polar surface area (TPSA) is 71.5 Å². The van der Waals surface area contributed by atoms with E-state index in [0.717, 1.165) is 15.6 Å². The molecule has 0 aliphatic rings. The zero-order chi connectivity index (χ0) is 22.2. The van der Waals surface area contributed by atoms with Crippen LogP contribution in [0.15, 0.2) is 58.8 Å². The smallest absolute Gasteiger partial charge is 0.255 e. The summed E-state index contributed by atoms with van der Waals surface area (Å²) in [6.45, 7) is 4.24. The van der Waals surface area contributed by atoms with Gasteiger partial charge < -0.3 is 15.0 Å². The van der Waals surface area contributed by atoms with Gasteiger partial charge in [-0.2, -0.15) is 0 Å². The number of likely N-dealkylation sites (N-methyl/N-ethyl adjacent to an activating group) is 1. The van der Waals surface area contributed by atoms with Crippen LogP contribution in [0.2, 0.25) is 0 Å². The summed E-state index contributed by atoms with van der Waals surface area (Å²) >= 11 is 3.19. The molecule has 1 aromatic heterocycles. The summed E-state index contributed by atoms with van der Waals surface area (Å²) in [6.07, 6.45) is 0. The molecule has 31 heavy (non-hydrogen) atoms. The van der Waals surface area contributed by atoms with Crippen molar-refractivity contribution in [3.63, 3.8) is 0 Å². The molecule has 0 radical (unpaired) electrons. The number of anilines is 1. The third-order valence-corrected chi connectivity index (χ3v) is 6.45. The molecule has 0 fully saturated rings. The number of aryl methyl sites for hydroxylation is 1. The van der Waals surface area contributed by atoms with Gasteiger partial charge in [0.15, 0.2) is 0 Å². The molecule has 0 unspecified atom stereocenters. The van der Waals surface area contributed by atoms with Crippen molar-refractivity contribution in [2.24, 2.45) is 0 Å². The Kier molecular flexibility index (Phi) is 8.08. The normalized spacial score (nSPS) is 10.5. The highest BCUT2D eigenvalue weighted by molar-refractivity contribution is 7.98. The first-order valence-electron chi connectivity index (χ1n) is 9.86. The quantitative estimate of drug-likeness (QED) is 0.467. The number of hydrogen-bond acceptors (Lipinski definition) is 6. The van der Waals surface area contributed by atoms with E-state index in [0.29, 0.717) is 29.3 Å². The van der Waals surface area contributed by atoms with E-state index in [1.54, 1.807) is 65.4 Å². The maximum atomic E-state index is 13.2. The number of hydrogen-bond donors (Lipinski definition) is 1. The molecule has 0 saturated carbocycles. The summed E-state index contributed by atoms with van der Waals surface area (Å²) < 4.78 is 5.18. The van der Waals surface area contributed by atoms with E-state index in [-0.39, 0.29) is 18.4 Å². The van der Waals surface area contributed by atoms with E-state index >= 15 is 0 Å². The van der Waals surface area contributed by atoms with Crippen molar-refractivity contribution in [3.05, 3.63) is 70.2 Å². The van der Waals surface area contributed by atoms with Crippen molar-refractivity contribution in [3.8, 4) is 5.75 Å². The first kappa shape index (κ1) is 22.8. The molecular weight excluding hydrogens is 430 g/mol. The molecule has 0 saturated heterocycles. The highest BCUT2D eigenvalue weighted by Crippen LogP contribution is 2.28. The summed E-state index contributed by atoms with van der Waals surface area (Å²) in [4.78, 5) is 32.7. The summed E-state index contributed by atoms with van der Waals surface area (Å²) in [5, 5.41) is 5.89. The third-order valence-electron chi connectivity index (χ3n) is 4.52. The molecule has 2 aromatic carbocycles. The Morgan fingerprint density at radius 1 is 1.19 bits per heavy atom. The SMILES string of the molecule is CCN(CC(=O)Nc1cccc(OC)c1)C(=O)c1ccccc1SCc1csc(C)n1. The highest BCUT2D eigenvalue weighted by atomic mass is 32.2. The van der Waals surface area contributed by atoms with Crippen molar-refractivity contribution < 1.29 is 14.3 Å². The van der Waals surface area contributed by atoms with Crippen molar-refractivity contribution in [1.82, 2.24) is 9.88 Å². The predicted octanol–water partition coefficient (Wildman–Crippen LogP) is 4.85. The van der Waals surface area contributed by atoms with Crippen LogP contribution in [-0.2, 0) is 10.5 Å². The number of thiazole rings is 1. The fraction of sp³-hybridized carbons (Fsp3) is 0.261.